The lowest BCUT2D eigenvalue weighted by Gasteiger charge is -2.09. The SMILES string of the molecule is O=C(COc1ccccc1)n1nc(-c2ccco2)nc1NCc1ccccc1Cl. The zero-order chi connectivity index (χ0) is 20.1. The standard InChI is InChI=1S/C21H17ClN4O3/c22-17-10-5-4-7-15(17)13-23-21-24-20(18-11-6-12-28-18)25-26(21)19(27)14-29-16-8-2-1-3-9-16/h1-12H,13-14H2,(H,23,24,25). The minimum absolute atomic E-state index is 0.189. The molecule has 0 saturated carbocycles. The number of rotatable bonds is 7. The molecule has 2 heterocycles. The highest BCUT2D eigenvalue weighted by Gasteiger charge is 2.19. The van der Waals surface area contributed by atoms with Crippen LogP contribution in [0.15, 0.2) is 77.4 Å². The third kappa shape index (κ3) is 4.47. The van der Waals surface area contributed by atoms with Crippen LogP contribution in [0.2, 0.25) is 5.02 Å². The average molecular weight is 409 g/mol. The summed E-state index contributed by atoms with van der Waals surface area (Å²) < 4.78 is 12.1. The van der Waals surface area contributed by atoms with E-state index in [1.165, 1.54) is 10.9 Å². The Balaban J connectivity index is 1.55. The zero-order valence-electron chi connectivity index (χ0n) is 15.3. The van der Waals surface area contributed by atoms with Crippen molar-refractivity contribution < 1.29 is 13.9 Å². The number of para-hydroxylation sites is 1. The van der Waals surface area contributed by atoms with Crippen LogP contribution in [0, 0.1) is 0 Å². The number of ether oxygens (including phenoxy) is 1. The molecule has 0 bridgehead atoms. The molecule has 2 aromatic carbocycles. The van der Waals surface area contributed by atoms with Crippen LogP contribution in [-0.4, -0.2) is 27.3 Å². The minimum atomic E-state index is -0.374. The second-order valence-corrected chi connectivity index (χ2v) is 6.50. The summed E-state index contributed by atoms with van der Waals surface area (Å²) in [7, 11) is 0. The predicted molar refractivity (Wildman–Crippen MR) is 109 cm³/mol. The highest BCUT2D eigenvalue weighted by atomic mass is 35.5. The van der Waals surface area contributed by atoms with E-state index in [1.54, 1.807) is 30.3 Å². The Morgan fingerprint density at radius 2 is 1.86 bits per heavy atom. The van der Waals surface area contributed by atoms with E-state index in [4.69, 9.17) is 20.8 Å². The van der Waals surface area contributed by atoms with Gasteiger partial charge in [-0.3, -0.25) is 4.79 Å². The zero-order valence-corrected chi connectivity index (χ0v) is 16.0. The summed E-state index contributed by atoms with van der Waals surface area (Å²) in [5, 5.41) is 8.03. The smallest absolute Gasteiger partial charge is 0.287 e. The Morgan fingerprint density at radius 1 is 1.07 bits per heavy atom. The summed E-state index contributed by atoms with van der Waals surface area (Å²) in [6.45, 7) is 0.189. The van der Waals surface area contributed by atoms with Crippen molar-refractivity contribution in [3.05, 3.63) is 83.6 Å². The molecule has 0 spiro atoms. The van der Waals surface area contributed by atoms with E-state index < -0.39 is 0 Å². The number of furan rings is 1. The van der Waals surface area contributed by atoms with Crippen LogP contribution < -0.4 is 10.1 Å². The van der Waals surface area contributed by atoms with Gasteiger partial charge in [0.15, 0.2) is 12.4 Å². The van der Waals surface area contributed by atoms with Gasteiger partial charge < -0.3 is 14.5 Å². The Labute approximate surface area is 171 Å². The van der Waals surface area contributed by atoms with Crippen molar-refractivity contribution in [2.75, 3.05) is 11.9 Å². The first-order valence-electron chi connectivity index (χ1n) is 8.90. The number of hydrogen-bond donors (Lipinski definition) is 1. The number of carbonyl (C=O) groups is 1. The lowest BCUT2D eigenvalue weighted by atomic mass is 10.2. The molecule has 0 amide bonds. The molecular formula is C21H17ClN4O3. The molecule has 0 aliphatic heterocycles. The maximum absolute atomic E-state index is 12.7. The molecule has 0 saturated heterocycles. The van der Waals surface area contributed by atoms with Gasteiger partial charge in [0.05, 0.1) is 6.26 Å². The third-order valence-corrected chi connectivity index (χ3v) is 4.45. The quantitative estimate of drug-likeness (QED) is 0.484. The van der Waals surface area contributed by atoms with Crippen molar-refractivity contribution >= 4 is 23.5 Å². The number of hydrogen-bond acceptors (Lipinski definition) is 6. The van der Waals surface area contributed by atoms with E-state index in [0.29, 0.717) is 28.9 Å². The van der Waals surface area contributed by atoms with Crippen LogP contribution in [0.4, 0.5) is 5.95 Å². The fourth-order valence-electron chi connectivity index (χ4n) is 2.65. The van der Waals surface area contributed by atoms with Crippen LogP contribution in [-0.2, 0) is 6.54 Å². The van der Waals surface area contributed by atoms with Crippen molar-refractivity contribution in [1.82, 2.24) is 14.8 Å². The van der Waals surface area contributed by atoms with E-state index in [1.807, 2.05) is 36.4 Å². The summed E-state index contributed by atoms with van der Waals surface area (Å²) in [5.74, 6) is 1.25. The van der Waals surface area contributed by atoms with E-state index >= 15 is 0 Å². The van der Waals surface area contributed by atoms with E-state index in [2.05, 4.69) is 15.4 Å². The van der Waals surface area contributed by atoms with Gasteiger partial charge in [0.25, 0.3) is 5.91 Å². The van der Waals surface area contributed by atoms with E-state index in [0.717, 1.165) is 5.56 Å². The monoisotopic (exact) mass is 408 g/mol. The fourth-order valence-corrected chi connectivity index (χ4v) is 2.85. The summed E-state index contributed by atoms with van der Waals surface area (Å²) in [6, 6.07) is 20.0. The number of carbonyl (C=O) groups excluding carboxylic acids is 1. The van der Waals surface area contributed by atoms with Gasteiger partial charge in [0.1, 0.15) is 5.75 Å². The molecule has 0 aliphatic rings. The van der Waals surface area contributed by atoms with Gasteiger partial charge in [-0.15, -0.1) is 5.10 Å². The Bertz CT molecular complexity index is 1090. The van der Waals surface area contributed by atoms with Gasteiger partial charge in [-0.1, -0.05) is 48.0 Å². The molecule has 0 unspecified atom stereocenters. The molecule has 8 heteroatoms. The lowest BCUT2D eigenvalue weighted by molar-refractivity contribution is 0.0824. The number of nitrogens with zero attached hydrogens (tertiary/aromatic N) is 3. The molecule has 0 aliphatic carbocycles. The van der Waals surface area contributed by atoms with Crippen LogP contribution in [0.1, 0.15) is 10.4 Å². The van der Waals surface area contributed by atoms with Gasteiger partial charge >= 0.3 is 0 Å². The van der Waals surface area contributed by atoms with Crippen molar-refractivity contribution in [3.8, 4) is 17.3 Å². The van der Waals surface area contributed by atoms with Gasteiger partial charge in [0.2, 0.25) is 11.8 Å². The molecule has 0 atom stereocenters. The molecule has 4 aromatic rings. The molecule has 0 radical (unpaired) electrons. The third-order valence-electron chi connectivity index (χ3n) is 4.09. The average Bonchev–Trinajstić information content (AvgIpc) is 3.42. The largest absolute Gasteiger partial charge is 0.484 e. The second-order valence-electron chi connectivity index (χ2n) is 6.09. The van der Waals surface area contributed by atoms with Crippen molar-refractivity contribution in [3.63, 3.8) is 0 Å². The molecule has 1 N–H and O–H groups in total. The number of nitrogens with one attached hydrogen (secondary N) is 1. The van der Waals surface area contributed by atoms with Crippen molar-refractivity contribution in [2.45, 2.75) is 6.54 Å². The number of benzene rings is 2. The molecule has 2 aromatic heterocycles. The molecule has 4 rings (SSSR count). The Hall–Kier alpha value is -3.58. The highest BCUT2D eigenvalue weighted by molar-refractivity contribution is 6.31. The van der Waals surface area contributed by atoms with Gasteiger partial charge in [0, 0.05) is 11.6 Å². The molecular weight excluding hydrogens is 392 g/mol. The Morgan fingerprint density at radius 3 is 2.62 bits per heavy atom. The van der Waals surface area contributed by atoms with Crippen LogP contribution in [0.25, 0.3) is 11.6 Å². The molecule has 7 nitrogen and oxygen atoms in total. The van der Waals surface area contributed by atoms with Gasteiger partial charge in [-0.25, -0.2) is 0 Å². The van der Waals surface area contributed by atoms with Gasteiger partial charge in [-0.2, -0.15) is 9.67 Å². The lowest BCUT2D eigenvalue weighted by Crippen LogP contribution is -2.22. The Kier molecular flexibility index (Phi) is 5.58. The summed E-state index contributed by atoms with van der Waals surface area (Å²) >= 11 is 6.21. The summed E-state index contributed by atoms with van der Waals surface area (Å²) in [5.41, 5.74) is 0.872. The first kappa shape index (κ1) is 18.8. The maximum atomic E-state index is 12.7. The first-order chi connectivity index (χ1) is 14.2. The minimum Gasteiger partial charge on any atom is -0.484 e. The first-order valence-corrected chi connectivity index (χ1v) is 9.28. The molecule has 146 valence electrons. The van der Waals surface area contributed by atoms with Crippen LogP contribution in [0.3, 0.4) is 0 Å². The number of aromatic nitrogens is 3. The number of anilines is 1. The topological polar surface area (TPSA) is 82.2 Å². The van der Waals surface area contributed by atoms with E-state index in [9.17, 15) is 4.79 Å². The maximum Gasteiger partial charge on any atom is 0.287 e. The van der Waals surface area contributed by atoms with Gasteiger partial charge in [-0.05, 0) is 35.9 Å². The van der Waals surface area contributed by atoms with Crippen LogP contribution in [0.5, 0.6) is 5.75 Å². The number of halogens is 1. The molecule has 29 heavy (non-hydrogen) atoms. The summed E-state index contributed by atoms with van der Waals surface area (Å²) in [4.78, 5) is 17.1. The molecule has 0 fully saturated rings. The van der Waals surface area contributed by atoms with Crippen LogP contribution >= 0.6 is 11.6 Å². The normalized spacial score (nSPS) is 10.7. The van der Waals surface area contributed by atoms with E-state index in [-0.39, 0.29) is 18.5 Å². The van der Waals surface area contributed by atoms with Crippen molar-refractivity contribution in [2.24, 2.45) is 0 Å². The second kappa shape index (κ2) is 8.62. The highest BCUT2D eigenvalue weighted by Crippen LogP contribution is 2.20. The fraction of sp³-hybridized carbons (Fsp3) is 0.0952. The van der Waals surface area contributed by atoms with Crippen molar-refractivity contribution in [1.29, 1.82) is 0 Å². The summed E-state index contributed by atoms with van der Waals surface area (Å²) in [6.07, 6.45) is 1.52. The predicted octanol–water partition coefficient (Wildman–Crippen LogP) is 4.52.